The largest absolute Gasteiger partial charge is 0.416 e. The third-order valence-corrected chi connectivity index (χ3v) is 3.77. The number of rotatable bonds is 5. The van der Waals surface area contributed by atoms with Crippen molar-refractivity contribution in [3.63, 3.8) is 0 Å². The maximum Gasteiger partial charge on any atom is 0.416 e. The van der Waals surface area contributed by atoms with Gasteiger partial charge in [0.1, 0.15) is 0 Å². The number of benzene rings is 1. The summed E-state index contributed by atoms with van der Waals surface area (Å²) in [5.41, 5.74) is -4.02. The van der Waals surface area contributed by atoms with Gasteiger partial charge in [-0.1, -0.05) is 20.8 Å². The van der Waals surface area contributed by atoms with E-state index < -0.39 is 34.1 Å². The quantitative estimate of drug-likeness (QED) is 0.404. The molecule has 0 amide bonds. The lowest BCUT2D eigenvalue weighted by Gasteiger charge is -2.29. The van der Waals surface area contributed by atoms with Crippen LogP contribution in [0.2, 0.25) is 0 Å². The van der Waals surface area contributed by atoms with Crippen LogP contribution in [0.1, 0.15) is 38.8 Å². The molecule has 0 saturated carbocycles. The molecule has 11 heteroatoms. The lowest BCUT2D eigenvalue weighted by molar-refractivity contribution is -0.403. The molecule has 0 radical (unpaired) electrons. The Labute approximate surface area is 151 Å². The fourth-order valence-corrected chi connectivity index (χ4v) is 1.84. The Balaban J connectivity index is 3.34. The van der Waals surface area contributed by atoms with Gasteiger partial charge in [-0.05, 0) is 30.5 Å². The van der Waals surface area contributed by atoms with Crippen LogP contribution in [0.3, 0.4) is 0 Å². The molecule has 0 fully saturated rings. The summed E-state index contributed by atoms with van der Waals surface area (Å²) in [6.07, 6.45) is -9.59. The Morgan fingerprint density at radius 3 is 1.81 bits per heavy atom. The first kappa shape index (κ1) is 22.6. The average Bonchev–Trinajstić information content (AvgIpc) is 2.43. The highest BCUT2D eigenvalue weighted by molar-refractivity contribution is 5.53. The Bertz CT molecular complexity index is 688. The van der Waals surface area contributed by atoms with Gasteiger partial charge in [0, 0.05) is 11.7 Å². The van der Waals surface area contributed by atoms with Crippen LogP contribution >= 0.6 is 0 Å². The zero-order valence-corrected chi connectivity index (χ0v) is 14.9. The number of nitro groups is 1. The van der Waals surface area contributed by atoms with Gasteiger partial charge in [0.25, 0.3) is 6.20 Å². The van der Waals surface area contributed by atoms with Crippen LogP contribution in [0.25, 0.3) is 0 Å². The second kappa shape index (κ2) is 7.65. The van der Waals surface area contributed by atoms with E-state index in [-0.39, 0.29) is 23.3 Å². The van der Waals surface area contributed by atoms with Crippen LogP contribution in [0.4, 0.5) is 32.0 Å². The maximum atomic E-state index is 12.9. The zero-order valence-electron chi connectivity index (χ0n) is 14.9. The molecular formula is C16H19F6N3O2. The molecule has 0 heterocycles. The van der Waals surface area contributed by atoms with Crippen molar-refractivity contribution in [2.45, 2.75) is 46.1 Å². The van der Waals surface area contributed by atoms with E-state index >= 15 is 0 Å². The van der Waals surface area contributed by atoms with Crippen LogP contribution in [0.15, 0.2) is 30.2 Å². The van der Waals surface area contributed by atoms with Crippen molar-refractivity contribution in [2.75, 3.05) is 5.32 Å². The first-order valence-electron chi connectivity index (χ1n) is 7.68. The Morgan fingerprint density at radius 2 is 1.48 bits per heavy atom. The first-order valence-corrected chi connectivity index (χ1v) is 7.68. The van der Waals surface area contributed by atoms with Gasteiger partial charge in [0.15, 0.2) is 5.82 Å². The highest BCUT2D eigenvalue weighted by Crippen LogP contribution is 2.37. The second-order valence-electron chi connectivity index (χ2n) is 6.98. The van der Waals surface area contributed by atoms with Crippen LogP contribution in [-0.4, -0.2) is 11.0 Å². The third kappa shape index (κ3) is 6.99. The fraction of sp³-hybridized carbons (Fsp3) is 0.500. The molecule has 1 aromatic rings. The van der Waals surface area contributed by atoms with E-state index in [0.717, 1.165) is 0 Å². The third-order valence-electron chi connectivity index (χ3n) is 3.77. The molecule has 27 heavy (non-hydrogen) atoms. The molecule has 1 unspecified atom stereocenters. The summed E-state index contributed by atoms with van der Waals surface area (Å²) in [5, 5.41) is 15.7. The number of halogens is 6. The summed E-state index contributed by atoms with van der Waals surface area (Å²) in [4.78, 5) is 9.90. The number of alkyl halides is 6. The summed E-state index contributed by atoms with van der Waals surface area (Å²) in [5.74, 6) is -0.338. The molecule has 0 spiro atoms. The molecular weight excluding hydrogens is 380 g/mol. The van der Waals surface area contributed by atoms with Gasteiger partial charge in [-0.2, -0.15) is 26.3 Å². The molecule has 2 N–H and O–H groups in total. The minimum Gasteiger partial charge on any atom is -0.363 e. The summed E-state index contributed by atoms with van der Waals surface area (Å²) in [6.45, 7) is 7.09. The normalized spacial score (nSPS) is 14.7. The molecule has 152 valence electrons. The molecule has 1 rings (SSSR count). The topological polar surface area (TPSA) is 67.2 Å². The molecule has 0 aliphatic heterocycles. The van der Waals surface area contributed by atoms with E-state index in [1.807, 2.05) is 0 Å². The summed E-state index contributed by atoms with van der Waals surface area (Å²) < 4.78 is 77.5. The van der Waals surface area contributed by atoms with Crippen molar-refractivity contribution in [3.05, 3.63) is 51.5 Å². The van der Waals surface area contributed by atoms with Crippen LogP contribution in [0.5, 0.6) is 0 Å². The summed E-state index contributed by atoms with van der Waals surface area (Å²) >= 11 is 0. The van der Waals surface area contributed by atoms with Gasteiger partial charge in [-0.3, -0.25) is 10.1 Å². The van der Waals surface area contributed by atoms with E-state index in [9.17, 15) is 36.5 Å². The average molecular weight is 399 g/mol. The van der Waals surface area contributed by atoms with Crippen molar-refractivity contribution in [3.8, 4) is 0 Å². The maximum absolute atomic E-state index is 12.9. The second-order valence-corrected chi connectivity index (χ2v) is 6.98. The fourth-order valence-electron chi connectivity index (χ4n) is 1.84. The monoisotopic (exact) mass is 399 g/mol. The summed E-state index contributed by atoms with van der Waals surface area (Å²) in [6, 6.07) is 0.496. The van der Waals surface area contributed by atoms with Gasteiger partial charge in [-0.25, -0.2) is 0 Å². The van der Waals surface area contributed by atoms with Gasteiger partial charge < -0.3 is 10.6 Å². The summed E-state index contributed by atoms with van der Waals surface area (Å²) in [7, 11) is 0. The molecule has 0 aliphatic rings. The van der Waals surface area contributed by atoms with Crippen molar-refractivity contribution in [2.24, 2.45) is 5.41 Å². The van der Waals surface area contributed by atoms with Gasteiger partial charge in [0.05, 0.1) is 16.1 Å². The van der Waals surface area contributed by atoms with Crippen LogP contribution in [-0.2, 0) is 12.4 Å². The van der Waals surface area contributed by atoms with E-state index in [4.69, 9.17) is 0 Å². The van der Waals surface area contributed by atoms with Gasteiger partial charge in [-0.15, -0.1) is 0 Å². The van der Waals surface area contributed by atoms with Crippen molar-refractivity contribution in [1.29, 1.82) is 0 Å². The standard InChI is InChI=1S/C16H19F6N3O2/c1-9(14(2,3)4)23-13(8-25(26)27)24-12-6-10(15(17,18)19)5-11(7-12)16(20,21)22/h5-9,23-24H,1-4H3. The predicted molar refractivity (Wildman–Crippen MR) is 87.2 cm³/mol. The van der Waals surface area contributed by atoms with Gasteiger partial charge >= 0.3 is 12.4 Å². The predicted octanol–water partition coefficient (Wildman–Crippen LogP) is 5.24. The van der Waals surface area contributed by atoms with Crippen molar-refractivity contribution >= 4 is 5.69 Å². The lowest BCUT2D eigenvalue weighted by Crippen LogP contribution is -2.39. The number of hydrogen-bond acceptors (Lipinski definition) is 4. The Kier molecular flexibility index (Phi) is 6.40. The molecule has 0 aromatic heterocycles. The first-order chi connectivity index (χ1) is 12.0. The van der Waals surface area contributed by atoms with E-state index in [2.05, 4.69) is 10.6 Å². The van der Waals surface area contributed by atoms with E-state index in [1.165, 1.54) is 0 Å². The van der Waals surface area contributed by atoms with Crippen molar-refractivity contribution < 1.29 is 31.3 Å². The minimum absolute atomic E-state index is 0.0206. The van der Waals surface area contributed by atoms with Crippen LogP contribution in [0, 0.1) is 15.5 Å². The minimum atomic E-state index is -5.02. The molecule has 0 aliphatic carbocycles. The molecule has 0 saturated heterocycles. The number of anilines is 1. The van der Waals surface area contributed by atoms with E-state index in [0.29, 0.717) is 18.3 Å². The zero-order chi connectivity index (χ0) is 21.2. The number of nitrogens with zero attached hydrogens (tertiary/aromatic N) is 1. The van der Waals surface area contributed by atoms with E-state index in [1.54, 1.807) is 27.7 Å². The highest BCUT2D eigenvalue weighted by atomic mass is 19.4. The molecule has 1 aromatic carbocycles. The SMILES string of the molecule is CC(NC(=C[N+](=O)[O-])Nc1cc(C(F)(F)F)cc(C(F)(F)F)c1)C(C)(C)C. The molecule has 1 atom stereocenters. The number of hydrogen-bond donors (Lipinski definition) is 2. The molecule has 0 bridgehead atoms. The Morgan fingerprint density at radius 1 is 1.04 bits per heavy atom. The van der Waals surface area contributed by atoms with Crippen molar-refractivity contribution in [1.82, 2.24) is 5.32 Å². The highest BCUT2D eigenvalue weighted by Gasteiger charge is 2.37. The molecule has 5 nitrogen and oxygen atoms in total. The van der Waals surface area contributed by atoms with Crippen LogP contribution < -0.4 is 10.6 Å². The Hall–Kier alpha value is -2.46. The number of nitrogens with one attached hydrogen (secondary N) is 2. The lowest BCUT2D eigenvalue weighted by atomic mass is 9.88. The van der Waals surface area contributed by atoms with Gasteiger partial charge in [0.2, 0.25) is 0 Å². The smallest absolute Gasteiger partial charge is 0.363 e.